The Morgan fingerprint density at radius 1 is 1.35 bits per heavy atom. The molecule has 0 fully saturated rings. The first-order valence-corrected chi connectivity index (χ1v) is 5.48. The van der Waals surface area contributed by atoms with Crippen molar-refractivity contribution in [1.82, 2.24) is 4.90 Å². The van der Waals surface area contributed by atoms with Gasteiger partial charge in [0.05, 0.1) is 7.11 Å². The number of halogens is 1. The summed E-state index contributed by atoms with van der Waals surface area (Å²) in [5.41, 5.74) is 0.967. The molecule has 3 nitrogen and oxygen atoms in total. The number of benzene rings is 1. The summed E-state index contributed by atoms with van der Waals surface area (Å²) < 4.78 is 18.1. The first-order chi connectivity index (χ1) is 8.20. The molecule has 0 spiro atoms. The molecule has 0 bridgehead atoms. The third-order valence-electron chi connectivity index (χ3n) is 2.75. The van der Waals surface area contributed by atoms with Gasteiger partial charge in [-0.1, -0.05) is 12.1 Å². The molecule has 0 saturated heterocycles. The number of hydrogen-bond donors (Lipinski definition) is 0. The summed E-state index contributed by atoms with van der Waals surface area (Å²) in [5.74, 6) is -0.401. The predicted octanol–water partition coefficient (Wildman–Crippen LogP) is 2.28. The highest BCUT2D eigenvalue weighted by Crippen LogP contribution is 2.17. The van der Waals surface area contributed by atoms with Gasteiger partial charge < -0.3 is 9.64 Å². The van der Waals surface area contributed by atoms with E-state index in [4.69, 9.17) is 4.74 Å². The number of carbonyl (C=O) groups is 1. The summed E-state index contributed by atoms with van der Waals surface area (Å²) in [4.78, 5) is 13.0. The number of rotatable bonds is 3. The van der Waals surface area contributed by atoms with Crippen LogP contribution >= 0.6 is 0 Å². The molecular formula is C13H14FNO2. The van der Waals surface area contributed by atoms with Crippen LogP contribution in [0.1, 0.15) is 12.0 Å². The van der Waals surface area contributed by atoms with Gasteiger partial charge in [-0.05, 0) is 30.2 Å². The fraction of sp³-hybridized carbons (Fsp3) is 0.308. The van der Waals surface area contributed by atoms with Crippen LogP contribution < -0.4 is 4.74 Å². The molecule has 0 aromatic heterocycles. The summed E-state index contributed by atoms with van der Waals surface area (Å²) in [6.45, 7) is 1.00. The van der Waals surface area contributed by atoms with Crippen molar-refractivity contribution in [3.05, 3.63) is 41.7 Å². The Morgan fingerprint density at radius 3 is 2.71 bits per heavy atom. The highest BCUT2D eigenvalue weighted by molar-refractivity contribution is 5.91. The third-order valence-corrected chi connectivity index (χ3v) is 2.75. The van der Waals surface area contributed by atoms with E-state index in [1.807, 2.05) is 24.3 Å². The normalized spacial score (nSPS) is 15.8. The molecule has 2 rings (SSSR count). The van der Waals surface area contributed by atoms with Crippen LogP contribution in [0, 0.1) is 0 Å². The minimum atomic E-state index is -0.648. The van der Waals surface area contributed by atoms with E-state index >= 15 is 0 Å². The molecule has 1 aliphatic rings. The van der Waals surface area contributed by atoms with Gasteiger partial charge in [0.2, 0.25) is 0 Å². The summed E-state index contributed by atoms with van der Waals surface area (Å²) in [6.07, 6.45) is 1.92. The van der Waals surface area contributed by atoms with Gasteiger partial charge in [0, 0.05) is 13.1 Å². The Morgan fingerprint density at radius 2 is 2.06 bits per heavy atom. The SMILES string of the molecule is COc1ccc(CN2CCC=C(F)C2=O)cc1. The second-order valence-electron chi connectivity index (χ2n) is 3.92. The number of ether oxygens (including phenoxy) is 1. The summed E-state index contributed by atoms with van der Waals surface area (Å²) in [5, 5.41) is 0. The molecule has 17 heavy (non-hydrogen) atoms. The molecule has 1 aliphatic heterocycles. The minimum absolute atomic E-state index is 0.435. The van der Waals surface area contributed by atoms with Crippen molar-refractivity contribution in [3.63, 3.8) is 0 Å². The Bertz CT molecular complexity index is 439. The van der Waals surface area contributed by atoms with E-state index in [1.54, 1.807) is 7.11 Å². The number of carbonyl (C=O) groups excluding carboxylic acids is 1. The monoisotopic (exact) mass is 235 g/mol. The van der Waals surface area contributed by atoms with Crippen molar-refractivity contribution in [3.8, 4) is 5.75 Å². The van der Waals surface area contributed by atoms with Crippen LogP contribution in [0.15, 0.2) is 36.2 Å². The fourth-order valence-electron chi connectivity index (χ4n) is 1.79. The topological polar surface area (TPSA) is 29.5 Å². The van der Waals surface area contributed by atoms with E-state index in [0.717, 1.165) is 11.3 Å². The maximum Gasteiger partial charge on any atom is 0.282 e. The van der Waals surface area contributed by atoms with Gasteiger partial charge in [-0.25, -0.2) is 4.39 Å². The van der Waals surface area contributed by atoms with E-state index in [0.29, 0.717) is 19.5 Å². The molecule has 1 heterocycles. The van der Waals surface area contributed by atoms with Crippen molar-refractivity contribution in [1.29, 1.82) is 0 Å². The first-order valence-electron chi connectivity index (χ1n) is 5.48. The second kappa shape index (κ2) is 4.99. The van der Waals surface area contributed by atoms with Gasteiger partial charge in [0.15, 0.2) is 5.83 Å². The Hall–Kier alpha value is -1.84. The molecule has 1 aromatic rings. The lowest BCUT2D eigenvalue weighted by Crippen LogP contribution is -2.34. The van der Waals surface area contributed by atoms with Crippen LogP contribution in [-0.4, -0.2) is 24.5 Å². The maximum absolute atomic E-state index is 13.1. The molecule has 0 radical (unpaired) electrons. The van der Waals surface area contributed by atoms with Crippen molar-refractivity contribution in [2.75, 3.05) is 13.7 Å². The van der Waals surface area contributed by atoms with Crippen LogP contribution in [0.25, 0.3) is 0 Å². The van der Waals surface area contributed by atoms with Gasteiger partial charge in [-0.15, -0.1) is 0 Å². The quantitative estimate of drug-likeness (QED) is 0.804. The zero-order chi connectivity index (χ0) is 12.3. The molecule has 0 N–H and O–H groups in total. The van der Waals surface area contributed by atoms with Crippen LogP contribution in [0.3, 0.4) is 0 Å². The molecule has 0 unspecified atom stereocenters. The minimum Gasteiger partial charge on any atom is -0.497 e. The van der Waals surface area contributed by atoms with Crippen LogP contribution in [-0.2, 0) is 11.3 Å². The molecule has 0 saturated carbocycles. The Labute approximate surface area is 99.5 Å². The van der Waals surface area contributed by atoms with E-state index in [-0.39, 0.29) is 0 Å². The van der Waals surface area contributed by atoms with Gasteiger partial charge in [-0.2, -0.15) is 0 Å². The van der Waals surface area contributed by atoms with E-state index in [2.05, 4.69) is 0 Å². The standard InChI is InChI=1S/C13H14FNO2/c1-17-11-6-4-10(5-7-11)9-15-8-2-3-12(14)13(15)16/h3-7H,2,8-9H2,1H3. The maximum atomic E-state index is 13.1. The zero-order valence-corrected chi connectivity index (χ0v) is 9.65. The molecule has 4 heteroatoms. The van der Waals surface area contributed by atoms with Gasteiger partial charge in [0.1, 0.15) is 5.75 Å². The number of hydrogen-bond acceptors (Lipinski definition) is 2. The predicted molar refractivity (Wildman–Crippen MR) is 62.2 cm³/mol. The summed E-state index contributed by atoms with van der Waals surface area (Å²) >= 11 is 0. The first kappa shape index (κ1) is 11.6. The summed E-state index contributed by atoms with van der Waals surface area (Å²) in [7, 11) is 1.60. The van der Waals surface area contributed by atoms with Crippen LogP contribution in [0.5, 0.6) is 5.75 Å². The van der Waals surface area contributed by atoms with E-state index in [9.17, 15) is 9.18 Å². The van der Waals surface area contributed by atoms with Crippen molar-refractivity contribution in [2.24, 2.45) is 0 Å². The van der Waals surface area contributed by atoms with E-state index < -0.39 is 11.7 Å². The lowest BCUT2D eigenvalue weighted by atomic mass is 10.1. The van der Waals surface area contributed by atoms with Crippen LogP contribution in [0.2, 0.25) is 0 Å². The Balaban J connectivity index is 2.05. The fourth-order valence-corrected chi connectivity index (χ4v) is 1.79. The molecule has 1 aromatic carbocycles. The van der Waals surface area contributed by atoms with E-state index in [1.165, 1.54) is 11.0 Å². The van der Waals surface area contributed by atoms with Gasteiger partial charge in [-0.3, -0.25) is 4.79 Å². The third kappa shape index (κ3) is 2.64. The van der Waals surface area contributed by atoms with Crippen molar-refractivity contribution < 1.29 is 13.9 Å². The van der Waals surface area contributed by atoms with Gasteiger partial charge >= 0.3 is 0 Å². The lowest BCUT2D eigenvalue weighted by Gasteiger charge is -2.24. The van der Waals surface area contributed by atoms with Crippen LogP contribution in [0.4, 0.5) is 4.39 Å². The largest absolute Gasteiger partial charge is 0.497 e. The molecule has 1 amide bonds. The number of nitrogens with zero attached hydrogens (tertiary/aromatic N) is 1. The average Bonchev–Trinajstić information content (AvgIpc) is 2.36. The highest BCUT2D eigenvalue weighted by Gasteiger charge is 2.21. The smallest absolute Gasteiger partial charge is 0.282 e. The molecular weight excluding hydrogens is 221 g/mol. The van der Waals surface area contributed by atoms with Gasteiger partial charge in [0.25, 0.3) is 5.91 Å². The summed E-state index contributed by atoms with van der Waals surface area (Å²) in [6, 6.07) is 7.41. The average molecular weight is 235 g/mol. The highest BCUT2D eigenvalue weighted by atomic mass is 19.1. The number of methoxy groups -OCH3 is 1. The number of amides is 1. The van der Waals surface area contributed by atoms with Crippen molar-refractivity contribution in [2.45, 2.75) is 13.0 Å². The molecule has 0 aliphatic carbocycles. The second-order valence-corrected chi connectivity index (χ2v) is 3.92. The lowest BCUT2D eigenvalue weighted by molar-refractivity contribution is -0.130. The van der Waals surface area contributed by atoms with Crippen molar-refractivity contribution >= 4 is 5.91 Å². The molecule has 90 valence electrons. The zero-order valence-electron chi connectivity index (χ0n) is 9.65. The molecule has 0 atom stereocenters. The Kier molecular flexibility index (Phi) is 3.42.